The van der Waals surface area contributed by atoms with Gasteiger partial charge in [-0.25, -0.2) is 0 Å². The summed E-state index contributed by atoms with van der Waals surface area (Å²) in [5.41, 5.74) is 11.2. The van der Waals surface area contributed by atoms with Crippen molar-refractivity contribution in [1.82, 2.24) is 0 Å². The number of primary amides is 1. The average Bonchev–Trinajstić information content (AvgIpc) is 2.33. The Hall–Kier alpha value is -1.96. The van der Waals surface area contributed by atoms with Gasteiger partial charge in [0.25, 0.3) is 5.91 Å². The Morgan fingerprint density at radius 2 is 1.95 bits per heavy atom. The Kier molecular flexibility index (Phi) is 5.63. The summed E-state index contributed by atoms with van der Waals surface area (Å²) in [5.74, 6) is -0.455. The van der Waals surface area contributed by atoms with Crippen LogP contribution in [0.4, 0.5) is 18.9 Å². The molecule has 8 heteroatoms. The Morgan fingerprint density at radius 3 is 2.55 bits per heavy atom. The molecule has 0 spiro atoms. The zero-order valence-electron chi connectivity index (χ0n) is 10.6. The molecule has 1 rings (SSSR count). The van der Waals surface area contributed by atoms with E-state index in [9.17, 15) is 18.0 Å². The molecule has 1 aromatic carbocycles. The van der Waals surface area contributed by atoms with E-state index in [2.05, 4.69) is 4.74 Å². The van der Waals surface area contributed by atoms with Gasteiger partial charge in [0.15, 0.2) is 0 Å². The number of rotatable bonds is 7. The van der Waals surface area contributed by atoms with E-state index in [1.165, 1.54) is 18.2 Å². The first-order valence-electron chi connectivity index (χ1n) is 5.76. The lowest BCUT2D eigenvalue weighted by atomic mass is 10.1. The van der Waals surface area contributed by atoms with Crippen LogP contribution in [0.1, 0.15) is 16.8 Å². The first-order valence-corrected chi connectivity index (χ1v) is 5.76. The molecule has 0 unspecified atom stereocenters. The largest absolute Gasteiger partial charge is 0.493 e. The topological polar surface area (TPSA) is 87.6 Å². The van der Waals surface area contributed by atoms with Gasteiger partial charge < -0.3 is 20.9 Å². The smallest absolute Gasteiger partial charge is 0.411 e. The second kappa shape index (κ2) is 6.99. The number of halogens is 3. The molecule has 0 heterocycles. The van der Waals surface area contributed by atoms with Gasteiger partial charge in [0, 0.05) is 12.1 Å². The highest BCUT2D eigenvalue weighted by Crippen LogP contribution is 2.21. The van der Waals surface area contributed by atoms with Crippen LogP contribution >= 0.6 is 0 Å². The lowest BCUT2D eigenvalue weighted by molar-refractivity contribution is -0.174. The highest BCUT2D eigenvalue weighted by Gasteiger charge is 2.27. The van der Waals surface area contributed by atoms with Gasteiger partial charge in [-0.05, 0) is 18.2 Å². The van der Waals surface area contributed by atoms with Crippen LogP contribution in [-0.4, -0.2) is 31.9 Å². The minimum absolute atomic E-state index is 0.0968. The van der Waals surface area contributed by atoms with Crippen LogP contribution < -0.4 is 16.2 Å². The number of ether oxygens (including phenoxy) is 2. The van der Waals surface area contributed by atoms with Crippen molar-refractivity contribution in [2.45, 2.75) is 12.6 Å². The van der Waals surface area contributed by atoms with Crippen LogP contribution in [0.5, 0.6) is 5.75 Å². The standard InChI is InChI=1S/C12H15F3N2O3/c13-12(14,15)7-19-4-1-5-20-10-3-2-8(16)6-9(10)11(17)18/h2-3,6H,1,4-5,7,16H2,(H2,17,18). The zero-order chi connectivity index (χ0) is 15.2. The molecule has 5 nitrogen and oxygen atoms in total. The van der Waals surface area contributed by atoms with Crippen molar-refractivity contribution >= 4 is 11.6 Å². The molecule has 20 heavy (non-hydrogen) atoms. The average molecular weight is 292 g/mol. The number of anilines is 1. The molecule has 0 saturated heterocycles. The Labute approximate surface area is 113 Å². The number of carbonyl (C=O) groups is 1. The van der Waals surface area contributed by atoms with E-state index in [4.69, 9.17) is 16.2 Å². The molecule has 0 saturated carbocycles. The molecule has 0 atom stereocenters. The summed E-state index contributed by atoms with van der Waals surface area (Å²) in [7, 11) is 0. The number of alkyl halides is 3. The van der Waals surface area contributed by atoms with E-state index < -0.39 is 18.7 Å². The molecular formula is C12H15F3N2O3. The molecule has 4 N–H and O–H groups in total. The normalized spacial score (nSPS) is 11.3. The fourth-order valence-electron chi connectivity index (χ4n) is 1.40. The summed E-state index contributed by atoms with van der Waals surface area (Å²) in [6.45, 7) is -1.29. The molecule has 0 aliphatic carbocycles. The van der Waals surface area contributed by atoms with Crippen LogP contribution in [-0.2, 0) is 4.74 Å². The maximum Gasteiger partial charge on any atom is 0.411 e. The molecule has 0 aromatic heterocycles. The lowest BCUT2D eigenvalue weighted by Crippen LogP contribution is -2.18. The number of benzene rings is 1. The number of carbonyl (C=O) groups excluding carboxylic acids is 1. The fourth-order valence-corrected chi connectivity index (χ4v) is 1.40. The van der Waals surface area contributed by atoms with Crippen LogP contribution in [0.3, 0.4) is 0 Å². The summed E-state index contributed by atoms with van der Waals surface area (Å²) in [6, 6.07) is 4.38. The molecule has 0 radical (unpaired) electrons. The second-order valence-corrected chi connectivity index (χ2v) is 3.99. The third-order valence-corrected chi connectivity index (χ3v) is 2.23. The van der Waals surface area contributed by atoms with Crippen LogP contribution in [0.15, 0.2) is 18.2 Å². The van der Waals surface area contributed by atoms with Crippen molar-refractivity contribution in [3.8, 4) is 5.75 Å². The zero-order valence-corrected chi connectivity index (χ0v) is 10.6. The molecule has 1 aromatic rings. The van der Waals surface area contributed by atoms with E-state index in [0.29, 0.717) is 5.69 Å². The molecule has 0 fully saturated rings. The third kappa shape index (κ3) is 5.79. The SMILES string of the molecule is NC(=O)c1cc(N)ccc1OCCCOCC(F)(F)F. The second-order valence-electron chi connectivity index (χ2n) is 3.99. The molecule has 0 aliphatic rings. The first kappa shape index (κ1) is 16.1. The lowest BCUT2D eigenvalue weighted by Gasteiger charge is -2.11. The summed E-state index contributed by atoms with van der Waals surface area (Å²) in [4.78, 5) is 11.2. The third-order valence-electron chi connectivity index (χ3n) is 2.23. The fraction of sp³-hybridized carbons (Fsp3) is 0.417. The minimum atomic E-state index is -4.34. The quantitative estimate of drug-likeness (QED) is 0.591. The Bertz CT molecular complexity index is 464. The van der Waals surface area contributed by atoms with Gasteiger partial charge in [-0.15, -0.1) is 0 Å². The monoisotopic (exact) mass is 292 g/mol. The summed E-state index contributed by atoms with van der Waals surface area (Å²) < 4.78 is 45.1. The number of amides is 1. The highest BCUT2D eigenvalue weighted by atomic mass is 19.4. The van der Waals surface area contributed by atoms with Gasteiger partial charge in [0.05, 0.1) is 18.8 Å². The van der Waals surface area contributed by atoms with Gasteiger partial charge >= 0.3 is 6.18 Å². The molecule has 112 valence electrons. The minimum Gasteiger partial charge on any atom is -0.493 e. The first-order chi connectivity index (χ1) is 9.29. The predicted octanol–water partition coefficient (Wildman–Crippen LogP) is 1.72. The van der Waals surface area contributed by atoms with Crippen LogP contribution in [0.2, 0.25) is 0 Å². The summed E-state index contributed by atoms with van der Waals surface area (Å²) >= 11 is 0. The van der Waals surface area contributed by atoms with Gasteiger partial charge in [-0.3, -0.25) is 4.79 Å². The van der Waals surface area contributed by atoms with Crippen molar-refractivity contribution in [1.29, 1.82) is 0 Å². The van der Waals surface area contributed by atoms with Crippen molar-refractivity contribution in [2.75, 3.05) is 25.6 Å². The number of nitrogen functional groups attached to an aromatic ring is 1. The Morgan fingerprint density at radius 1 is 1.25 bits per heavy atom. The number of hydrogen-bond acceptors (Lipinski definition) is 4. The Balaban J connectivity index is 2.37. The molecular weight excluding hydrogens is 277 g/mol. The van der Waals surface area contributed by atoms with Gasteiger partial charge in [0.1, 0.15) is 12.4 Å². The molecule has 0 bridgehead atoms. The van der Waals surface area contributed by atoms with Gasteiger partial charge in [-0.1, -0.05) is 0 Å². The predicted molar refractivity (Wildman–Crippen MR) is 66.4 cm³/mol. The van der Waals surface area contributed by atoms with Crippen LogP contribution in [0.25, 0.3) is 0 Å². The van der Waals surface area contributed by atoms with E-state index in [1.54, 1.807) is 0 Å². The summed E-state index contributed by atoms with van der Waals surface area (Å²) in [6.07, 6.45) is -4.09. The van der Waals surface area contributed by atoms with E-state index in [0.717, 1.165) is 0 Å². The van der Waals surface area contributed by atoms with Crippen molar-refractivity contribution in [2.24, 2.45) is 5.73 Å². The van der Waals surface area contributed by atoms with E-state index in [1.807, 2.05) is 0 Å². The molecule has 1 amide bonds. The highest BCUT2D eigenvalue weighted by molar-refractivity contribution is 5.96. The summed E-state index contributed by atoms with van der Waals surface area (Å²) in [5, 5.41) is 0. The van der Waals surface area contributed by atoms with Crippen molar-refractivity contribution < 1.29 is 27.4 Å². The van der Waals surface area contributed by atoms with E-state index >= 15 is 0 Å². The van der Waals surface area contributed by atoms with Gasteiger partial charge in [0.2, 0.25) is 0 Å². The van der Waals surface area contributed by atoms with Crippen molar-refractivity contribution in [3.05, 3.63) is 23.8 Å². The van der Waals surface area contributed by atoms with Crippen LogP contribution in [0, 0.1) is 0 Å². The van der Waals surface area contributed by atoms with Crippen molar-refractivity contribution in [3.63, 3.8) is 0 Å². The van der Waals surface area contributed by atoms with Gasteiger partial charge in [-0.2, -0.15) is 13.2 Å². The molecule has 0 aliphatic heterocycles. The maximum absolute atomic E-state index is 11.8. The van der Waals surface area contributed by atoms with E-state index in [-0.39, 0.29) is 30.9 Å². The maximum atomic E-state index is 11.8. The number of nitrogens with two attached hydrogens (primary N) is 2. The number of hydrogen-bond donors (Lipinski definition) is 2.